The predicted molar refractivity (Wildman–Crippen MR) is 49.7 cm³/mol. The number of nitrogens with one attached hydrogen (secondary N) is 2. The van der Waals surface area contributed by atoms with Crippen LogP contribution in [0, 0.1) is 10.5 Å². The first-order chi connectivity index (χ1) is 6.18. The van der Waals surface area contributed by atoms with Crippen molar-refractivity contribution in [3.8, 4) is 0 Å². The zero-order chi connectivity index (χ0) is 9.42. The molecule has 0 amide bonds. The second kappa shape index (κ2) is 2.77. The normalized spacial score (nSPS) is 10.5. The second-order valence-corrected chi connectivity index (χ2v) is 2.98. The molecule has 0 aliphatic heterocycles. The Morgan fingerprint density at radius 2 is 2.08 bits per heavy atom. The molecular formula is C8H5FN2OS. The van der Waals surface area contributed by atoms with Crippen LogP contribution in [0.5, 0.6) is 0 Å². The first-order valence-corrected chi connectivity index (χ1v) is 4.00. The molecular weight excluding hydrogens is 191 g/mol. The Balaban J connectivity index is 3.12. The van der Waals surface area contributed by atoms with E-state index < -0.39 is 11.5 Å². The number of hydrogen-bond donors (Lipinski definition) is 2. The molecule has 1 heterocycles. The molecule has 0 unspecified atom stereocenters. The fraction of sp³-hybridized carbons (Fsp3) is 0. The summed E-state index contributed by atoms with van der Waals surface area (Å²) in [4.78, 5) is 15.7. The van der Waals surface area contributed by atoms with E-state index in [1.165, 1.54) is 12.1 Å². The summed E-state index contributed by atoms with van der Waals surface area (Å²) in [5.74, 6) is -0.435. The minimum Gasteiger partial charge on any atom is -0.307 e. The SMILES string of the molecule is O=c1[nH]c(=S)c2c(F)cccc2[nH]1. The van der Waals surface area contributed by atoms with Crippen LogP contribution in [0.3, 0.4) is 0 Å². The van der Waals surface area contributed by atoms with Crippen LogP contribution in [-0.2, 0) is 0 Å². The van der Waals surface area contributed by atoms with Crippen LogP contribution in [0.4, 0.5) is 4.39 Å². The second-order valence-electron chi connectivity index (χ2n) is 2.57. The molecule has 2 aromatic rings. The first-order valence-electron chi connectivity index (χ1n) is 3.59. The number of fused-ring (bicyclic) bond motifs is 1. The van der Waals surface area contributed by atoms with E-state index in [1.54, 1.807) is 6.07 Å². The fourth-order valence-electron chi connectivity index (χ4n) is 1.18. The van der Waals surface area contributed by atoms with Gasteiger partial charge in [0.15, 0.2) is 0 Å². The summed E-state index contributed by atoms with van der Waals surface area (Å²) in [6, 6.07) is 4.41. The molecule has 0 spiro atoms. The lowest BCUT2D eigenvalue weighted by atomic mass is 10.2. The van der Waals surface area contributed by atoms with Crippen molar-refractivity contribution >= 4 is 23.1 Å². The molecule has 66 valence electrons. The lowest BCUT2D eigenvalue weighted by Gasteiger charge is -1.97. The minimum absolute atomic E-state index is 0.122. The van der Waals surface area contributed by atoms with Crippen LogP contribution in [0.25, 0.3) is 10.9 Å². The van der Waals surface area contributed by atoms with Crippen LogP contribution in [0.1, 0.15) is 0 Å². The molecule has 1 aromatic heterocycles. The van der Waals surface area contributed by atoms with Crippen molar-refractivity contribution in [2.45, 2.75) is 0 Å². The van der Waals surface area contributed by atoms with Gasteiger partial charge in [-0.1, -0.05) is 18.3 Å². The van der Waals surface area contributed by atoms with Gasteiger partial charge in [0, 0.05) is 0 Å². The van der Waals surface area contributed by atoms with Crippen molar-refractivity contribution < 1.29 is 4.39 Å². The molecule has 0 bridgehead atoms. The van der Waals surface area contributed by atoms with Crippen molar-refractivity contribution in [1.29, 1.82) is 0 Å². The molecule has 13 heavy (non-hydrogen) atoms. The van der Waals surface area contributed by atoms with Gasteiger partial charge in [-0.3, -0.25) is 4.98 Å². The van der Waals surface area contributed by atoms with Gasteiger partial charge in [0.05, 0.1) is 10.9 Å². The highest BCUT2D eigenvalue weighted by atomic mass is 32.1. The molecule has 0 saturated heterocycles. The Bertz CT molecular complexity index is 572. The van der Waals surface area contributed by atoms with E-state index >= 15 is 0 Å². The van der Waals surface area contributed by atoms with Crippen molar-refractivity contribution in [2.24, 2.45) is 0 Å². The average Bonchev–Trinajstić information content (AvgIpc) is 2.02. The number of hydrogen-bond acceptors (Lipinski definition) is 2. The van der Waals surface area contributed by atoms with Crippen LogP contribution in [0.2, 0.25) is 0 Å². The summed E-state index contributed by atoms with van der Waals surface area (Å²) in [6.07, 6.45) is 0. The number of benzene rings is 1. The summed E-state index contributed by atoms with van der Waals surface area (Å²) in [5.41, 5.74) is -0.0168. The molecule has 3 nitrogen and oxygen atoms in total. The maximum absolute atomic E-state index is 13.2. The third-order valence-electron chi connectivity index (χ3n) is 1.72. The monoisotopic (exact) mass is 196 g/mol. The van der Waals surface area contributed by atoms with E-state index in [9.17, 15) is 9.18 Å². The standard InChI is InChI=1S/C8H5FN2OS/c9-4-2-1-3-5-6(4)7(13)11-8(12)10-5/h1-3H,(H2,10,11,12,13). The smallest absolute Gasteiger partial charge is 0.307 e. The Hall–Kier alpha value is -1.49. The molecule has 0 fully saturated rings. The van der Waals surface area contributed by atoms with E-state index in [0.717, 1.165) is 0 Å². The lowest BCUT2D eigenvalue weighted by Crippen LogP contribution is -2.10. The largest absolute Gasteiger partial charge is 0.324 e. The van der Waals surface area contributed by atoms with Gasteiger partial charge in [-0.15, -0.1) is 0 Å². The topological polar surface area (TPSA) is 48.6 Å². The predicted octanol–water partition coefficient (Wildman–Crippen LogP) is 1.72. The van der Waals surface area contributed by atoms with Crippen LogP contribution in [0.15, 0.2) is 23.0 Å². The lowest BCUT2D eigenvalue weighted by molar-refractivity contribution is 0.638. The number of rotatable bonds is 0. The number of aromatic nitrogens is 2. The highest BCUT2D eigenvalue weighted by molar-refractivity contribution is 7.71. The Labute approximate surface area is 77.2 Å². The minimum atomic E-state index is -0.435. The van der Waals surface area contributed by atoms with Gasteiger partial charge in [-0.25, -0.2) is 9.18 Å². The van der Waals surface area contributed by atoms with E-state index in [2.05, 4.69) is 9.97 Å². The van der Waals surface area contributed by atoms with E-state index in [0.29, 0.717) is 5.52 Å². The Morgan fingerprint density at radius 3 is 2.85 bits per heavy atom. The van der Waals surface area contributed by atoms with Crippen LogP contribution < -0.4 is 5.69 Å². The number of aromatic amines is 2. The molecule has 5 heteroatoms. The molecule has 0 aliphatic carbocycles. The molecule has 2 N–H and O–H groups in total. The summed E-state index contributed by atoms with van der Waals surface area (Å²) in [6.45, 7) is 0. The highest BCUT2D eigenvalue weighted by Crippen LogP contribution is 2.13. The van der Waals surface area contributed by atoms with E-state index in [1.807, 2.05) is 0 Å². The quantitative estimate of drug-likeness (QED) is 0.630. The maximum Gasteiger partial charge on any atom is 0.324 e. The van der Waals surface area contributed by atoms with Gasteiger partial charge in [0.2, 0.25) is 0 Å². The number of H-pyrrole nitrogens is 2. The zero-order valence-corrected chi connectivity index (χ0v) is 7.24. The van der Waals surface area contributed by atoms with Gasteiger partial charge in [0.1, 0.15) is 10.5 Å². The van der Waals surface area contributed by atoms with Crippen LogP contribution >= 0.6 is 12.2 Å². The van der Waals surface area contributed by atoms with Gasteiger partial charge in [-0.2, -0.15) is 0 Å². The van der Waals surface area contributed by atoms with Crippen molar-refractivity contribution in [2.75, 3.05) is 0 Å². The van der Waals surface area contributed by atoms with Crippen molar-refractivity contribution in [1.82, 2.24) is 9.97 Å². The molecule has 0 aliphatic rings. The Kier molecular flexibility index (Phi) is 1.73. The third-order valence-corrected chi connectivity index (χ3v) is 2.02. The van der Waals surface area contributed by atoms with Crippen molar-refractivity contribution in [3.05, 3.63) is 39.1 Å². The maximum atomic E-state index is 13.2. The van der Waals surface area contributed by atoms with Crippen molar-refractivity contribution in [3.63, 3.8) is 0 Å². The molecule has 0 saturated carbocycles. The van der Waals surface area contributed by atoms with Crippen LogP contribution in [-0.4, -0.2) is 9.97 Å². The molecule has 1 aromatic carbocycles. The summed E-state index contributed by atoms with van der Waals surface area (Å²) in [7, 11) is 0. The van der Waals surface area contributed by atoms with Gasteiger partial charge in [-0.05, 0) is 12.1 Å². The Morgan fingerprint density at radius 1 is 1.31 bits per heavy atom. The molecule has 0 radical (unpaired) electrons. The van der Waals surface area contributed by atoms with Gasteiger partial charge >= 0.3 is 5.69 Å². The summed E-state index contributed by atoms with van der Waals surface area (Å²) >= 11 is 4.81. The molecule has 2 rings (SSSR count). The summed E-state index contributed by atoms with van der Waals surface area (Å²) < 4.78 is 13.3. The van der Waals surface area contributed by atoms with Gasteiger partial charge in [0.25, 0.3) is 0 Å². The average molecular weight is 196 g/mol. The summed E-state index contributed by atoms with van der Waals surface area (Å²) in [5, 5.41) is 0.247. The van der Waals surface area contributed by atoms with E-state index in [4.69, 9.17) is 12.2 Å². The third kappa shape index (κ3) is 1.27. The number of halogens is 1. The van der Waals surface area contributed by atoms with Gasteiger partial charge < -0.3 is 4.98 Å². The first kappa shape index (κ1) is 8.12. The molecule has 0 atom stereocenters. The zero-order valence-electron chi connectivity index (χ0n) is 6.43. The van der Waals surface area contributed by atoms with E-state index in [-0.39, 0.29) is 10.0 Å². The highest BCUT2D eigenvalue weighted by Gasteiger charge is 2.02. The fourth-order valence-corrected chi connectivity index (χ4v) is 1.48.